The van der Waals surface area contributed by atoms with Gasteiger partial charge in [-0.05, 0) is 5.53 Å². The maximum absolute atomic E-state index is 13.0. The van der Waals surface area contributed by atoms with Gasteiger partial charge >= 0.3 is 39.4 Å². The number of phosphoric acid groups is 2. The standard InChI is InChI=1S/C22H28N6O19P2/c1-8(29)25-14-17(41-10(3)31)15(40-9(2)30)11(6-24-27-23)43-20(14)46-49(37,38)47-48(35,36)39-7-12-16-18(45-22(34)44-16)19(42-12)28-5-4-13(32)26-21(28)33/h4-5,11-12,14-20H,6-7H2,1-3H3,(H,25,29)(H,35,36)(H,37,38)(H,26,32,33)/t11?,12-,14?,15?,16?,17?,18?,19-,20?/m1/s1. The van der Waals surface area contributed by atoms with Crippen LogP contribution in [0.15, 0.2) is 27.0 Å². The maximum atomic E-state index is 13.0. The highest BCUT2D eigenvalue weighted by atomic mass is 31.3. The first kappa shape index (κ1) is 37.7. The van der Waals surface area contributed by atoms with Crippen LogP contribution in [0.5, 0.6) is 0 Å². The van der Waals surface area contributed by atoms with Crippen LogP contribution in [0.4, 0.5) is 4.79 Å². The summed E-state index contributed by atoms with van der Waals surface area (Å²) in [7, 11) is -11.4. The van der Waals surface area contributed by atoms with Crippen molar-refractivity contribution in [1.29, 1.82) is 0 Å². The molecule has 0 spiro atoms. The molecule has 0 radical (unpaired) electrons. The average Bonchev–Trinajstić information content (AvgIpc) is 3.50. The van der Waals surface area contributed by atoms with Crippen LogP contribution >= 0.6 is 15.6 Å². The molecule has 0 aromatic carbocycles. The van der Waals surface area contributed by atoms with Crippen LogP contribution in [0.1, 0.15) is 27.0 Å². The summed E-state index contributed by atoms with van der Waals surface area (Å²) in [5.74, 6) is -2.76. The topological polar surface area (TPSA) is 342 Å². The number of phosphoric ester groups is 2. The Balaban J connectivity index is 1.51. The number of nitrogens with one attached hydrogen (secondary N) is 2. The third-order valence-corrected chi connectivity index (χ3v) is 9.27. The number of azide groups is 1. The zero-order chi connectivity index (χ0) is 36.3. The molecular weight excluding hydrogens is 714 g/mol. The Hall–Kier alpha value is -4.15. The summed E-state index contributed by atoms with van der Waals surface area (Å²) in [6, 6.07) is -0.781. The molecule has 1 amide bonds. The maximum Gasteiger partial charge on any atom is 0.509 e. The zero-order valence-electron chi connectivity index (χ0n) is 25.3. The first-order valence-electron chi connectivity index (χ1n) is 13.7. The van der Waals surface area contributed by atoms with Crippen molar-refractivity contribution in [2.45, 2.75) is 76.0 Å². The number of aromatic nitrogens is 2. The van der Waals surface area contributed by atoms with Gasteiger partial charge in [-0.1, -0.05) is 5.11 Å². The molecule has 9 unspecified atom stereocenters. The van der Waals surface area contributed by atoms with E-state index in [0.717, 1.165) is 37.6 Å². The summed E-state index contributed by atoms with van der Waals surface area (Å²) < 4.78 is 72.2. The van der Waals surface area contributed by atoms with Crippen LogP contribution in [-0.2, 0) is 65.3 Å². The predicted molar refractivity (Wildman–Crippen MR) is 150 cm³/mol. The molecule has 4 heterocycles. The number of amides is 1. The number of fused-ring (bicyclic) bond motifs is 1. The van der Waals surface area contributed by atoms with E-state index >= 15 is 0 Å². The number of esters is 2. The minimum Gasteiger partial charge on any atom is -0.456 e. The summed E-state index contributed by atoms with van der Waals surface area (Å²) in [4.78, 5) is 96.6. The highest BCUT2D eigenvalue weighted by Gasteiger charge is 2.57. The number of nitrogens with zero attached hydrogens (tertiary/aromatic N) is 4. The van der Waals surface area contributed by atoms with Crippen molar-refractivity contribution in [3.8, 4) is 0 Å². The van der Waals surface area contributed by atoms with Crippen LogP contribution in [-0.4, -0.2) is 105 Å². The van der Waals surface area contributed by atoms with E-state index in [9.17, 15) is 47.7 Å². The molecule has 4 N–H and O–H groups in total. The van der Waals surface area contributed by atoms with Gasteiger partial charge in [0.25, 0.3) is 5.56 Å². The summed E-state index contributed by atoms with van der Waals surface area (Å²) >= 11 is 0. The first-order valence-corrected chi connectivity index (χ1v) is 16.7. The minimum absolute atomic E-state index is 0.638. The van der Waals surface area contributed by atoms with Gasteiger partial charge < -0.3 is 43.5 Å². The van der Waals surface area contributed by atoms with Gasteiger partial charge in [-0.15, -0.1) is 0 Å². The summed E-state index contributed by atoms with van der Waals surface area (Å²) in [6.45, 7) is 1.28. The van der Waals surface area contributed by atoms with Crippen molar-refractivity contribution in [3.63, 3.8) is 0 Å². The van der Waals surface area contributed by atoms with Crippen molar-refractivity contribution in [2.24, 2.45) is 5.11 Å². The monoisotopic (exact) mass is 742 g/mol. The molecule has 4 rings (SSSR count). The quantitative estimate of drug-likeness (QED) is 0.0470. The lowest BCUT2D eigenvalue weighted by Gasteiger charge is -2.44. The average molecular weight is 742 g/mol. The van der Waals surface area contributed by atoms with Gasteiger partial charge in [0.05, 0.1) is 13.2 Å². The molecule has 1 aromatic heterocycles. The SMILES string of the molecule is CC(=O)NC1C(OP(=O)(O)OP(=O)(O)OC[C@H]2O[C@@H](n3ccc(=O)[nH]c3=O)C3OC(=O)OC32)OC(CN=[N+]=[N-])C(OC(C)=O)C1OC(C)=O. The number of H-pyrrole nitrogens is 1. The number of carbonyl (C=O) groups excluding carboxylic acids is 4. The number of aromatic amines is 1. The molecular formula is C22H28N6O19P2. The smallest absolute Gasteiger partial charge is 0.456 e. The molecule has 11 atom stereocenters. The van der Waals surface area contributed by atoms with Crippen LogP contribution < -0.4 is 16.6 Å². The fourth-order valence-corrected chi connectivity index (χ4v) is 7.16. The van der Waals surface area contributed by atoms with Crippen LogP contribution in [0.3, 0.4) is 0 Å². The Morgan fingerprint density at radius 1 is 1.02 bits per heavy atom. The van der Waals surface area contributed by atoms with E-state index in [1.807, 2.05) is 4.98 Å². The van der Waals surface area contributed by atoms with Crippen LogP contribution in [0, 0.1) is 0 Å². The highest BCUT2D eigenvalue weighted by Crippen LogP contribution is 2.61. The van der Waals surface area contributed by atoms with Crippen molar-refractivity contribution < 1.29 is 79.9 Å². The second kappa shape index (κ2) is 15.2. The third kappa shape index (κ3) is 9.51. The van der Waals surface area contributed by atoms with Gasteiger partial charge in [-0.3, -0.25) is 37.8 Å². The van der Waals surface area contributed by atoms with Crippen molar-refractivity contribution in [3.05, 3.63) is 43.5 Å². The molecule has 3 aliphatic heterocycles. The molecule has 0 bridgehead atoms. The fourth-order valence-electron chi connectivity index (χ4n) is 4.99. The highest BCUT2D eigenvalue weighted by molar-refractivity contribution is 7.61. The minimum atomic E-state index is -5.78. The molecule has 3 fully saturated rings. The zero-order valence-corrected chi connectivity index (χ0v) is 27.1. The van der Waals surface area contributed by atoms with E-state index in [1.54, 1.807) is 0 Å². The Morgan fingerprint density at radius 2 is 1.67 bits per heavy atom. The number of hydrogen-bond acceptors (Lipinski definition) is 18. The Bertz CT molecular complexity index is 1730. The summed E-state index contributed by atoms with van der Waals surface area (Å²) in [6.07, 6.45) is -12.6. The number of rotatable bonds is 13. The summed E-state index contributed by atoms with van der Waals surface area (Å²) in [5.41, 5.74) is 7.08. The lowest BCUT2D eigenvalue weighted by Crippen LogP contribution is -2.66. The molecule has 270 valence electrons. The van der Waals surface area contributed by atoms with Crippen LogP contribution in [0.2, 0.25) is 0 Å². The van der Waals surface area contributed by atoms with Gasteiger partial charge in [0.1, 0.15) is 18.2 Å². The predicted octanol–water partition coefficient (Wildman–Crippen LogP) is -1.01. The Morgan fingerprint density at radius 3 is 2.29 bits per heavy atom. The van der Waals surface area contributed by atoms with E-state index in [0.29, 0.717) is 0 Å². The molecule has 0 aliphatic carbocycles. The van der Waals surface area contributed by atoms with Crippen molar-refractivity contribution in [1.82, 2.24) is 14.9 Å². The molecule has 3 aliphatic rings. The number of hydrogen-bond donors (Lipinski definition) is 4. The molecule has 0 saturated carbocycles. The van der Waals surface area contributed by atoms with Gasteiger partial charge in [-0.25, -0.2) is 18.7 Å². The molecule has 3 saturated heterocycles. The lowest BCUT2D eigenvalue weighted by atomic mass is 9.96. The van der Waals surface area contributed by atoms with Crippen LogP contribution in [0.25, 0.3) is 10.4 Å². The molecule has 49 heavy (non-hydrogen) atoms. The van der Waals surface area contributed by atoms with E-state index in [2.05, 4.69) is 19.7 Å². The van der Waals surface area contributed by atoms with E-state index in [-0.39, 0.29) is 0 Å². The Labute approximate surface area is 272 Å². The van der Waals surface area contributed by atoms with Gasteiger partial charge in [0.2, 0.25) is 5.91 Å². The van der Waals surface area contributed by atoms with E-state index < -0.39 is 119 Å². The number of carbonyl (C=O) groups is 4. The molecule has 1 aromatic rings. The van der Waals surface area contributed by atoms with Gasteiger partial charge in [0.15, 0.2) is 36.9 Å². The van der Waals surface area contributed by atoms with E-state index in [1.165, 1.54) is 0 Å². The van der Waals surface area contributed by atoms with Gasteiger partial charge in [-0.2, -0.15) is 4.31 Å². The molecule has 25 nitrogen and oxygen atoms in total. The Kier molecular flexibility index (Phi) is 11.7. The molecule has 27 heteroatoms. The van der Waals surface area contributed by atoms with Crippen molar-refractivity contribution >= 4 is 39.6 Å². The van der Waals surface area contributed by atoms with E-state index in [4.69, 9.17) is 43.0 Å². The second-order valence-corrected chi connectivity index (χ2v) is 13.2. The first-order chi connectivity index (χ1) is 22.9. The third-order valence-electron chi connectivity index (χ3n) is 6.67. The largest absolute Gasteiger partial charge is 0.509 e. The fraction of sp³-hybridized carbons (Fsp3) is 0.636. The van der Waals surface area contributed by atoms with Crippen molar-refractivity contribution in [2.75, 3.05) is 13.2 Å². The lowest BCUT2D eigenvalue weighted by molar-refractivity contribution is -0.250. The van der Waals surface area contributed by atoms with Gasteiger partial charge in [0, 0.05) is 37.9 Å². The number of ether oxygens (including phenoxy) is 6. The normalized spacial score (nSPS) is 31.4. The second-order valence-electron chi connectivity index (χ2n) is 10.2. The summed E-state index contributed by atoms with van der Waals surface area (Å²) in [5, 5.41) is 5.53.